The van der Waals surface area contributed by atoms with Gasteiger partial charge in [0.1, 0.15) is 10.5 Å². The van der Waals surface area contributed by atoms with Gasteiger partial charge in [-0.1, -0.05) is 48.0 Å². The van der Waals surface area contributed by atoms with E-state index in [9.17, 15) is 9.59 Å². The number of esters is 1. The van der Waals surface area contributed by atoms with Crippen LogP contribution >= 0.6 is 11.8 Å². The Labute approximate surface area is 146 Å². The van der Waals surface area contributed by atoms with Crippen LogP contribution in [0.1, 0.15) is 23.3 Å². The molecule has 4 nitrogen and oxygen atoms in total. The molecule has 0 aliphatic rings. The first-order chi connectivity index (χ1) is 11.5. The van der Waals surface area contributed by atoms with E-state index in [1.54, 1.807) is 6.92 Å². The van der Waals surface area contributed by atoms with E-state index in [0.29, 0.717) is 0 Å². The zero-order valence-corrected chi connectivity index (χ0v) is 14.8. The van der Waals surface area contributed by atoms with E-state index in [4.69, 9.17) is 4.74 Å². The Morgan fingerprint density at radius 1 is 1.04 bits per heavy atom. The third-order valence-electron chi connectivity index (χ3n) is 3.53. The molecule has 0 aliphatic heterocycles. The first-order valence-electron chi connectivity index (χ1n) is 7.67. The van der Waals surface area contributed by atoms with Gasteiger partial charge in [0.05, 0.1) is 7.11 Å². The van der Waals surface area contributed by atoms with Crippen molar-refractivity contribution >= 4 is 29.3 Å². The molecule has 0 bridgehead atoms. The Kier molecular flexibility index (Phi) is 6.44. The molecule has 0 spiro atoms. The molecule has 2 aromatic carbocycles. The van der Waals surface area contributed by atoms with E-state index < -0.39 is 10.5 Å². The first-order valence-corrected chi connectivity index (χ1v) is 8.61. The average molecular weight is 343 g/mol. The fourth-order valence-corrected chi connectivity index (χ4v) is 3.30. The summed E-state index contributed by atoms with van der Waals surface area (Å²) in [6.07, 6.45) is 0. The molecule has 0 radical (unpaired) electrons. The van der Waals surface area contributed by atoms with Crippen LogP contribution in [0.25, 0.3) is 0 Å². The molecule has 2 unspecified atom stereocenters. The Balaban J connectivity index is 2.19. The van der Waals surface area contributed by atoms with Crippen LogP contribution in [-0.2, 0) is 14.3 Å². The van der Waals surface area contributed by atoms with Crippen LogP contribution in [0.3, 0.4) is 0 Å². The van der Waals surface area contributed by atoms with Crippen molar-refractivity contribution in [3.05, 3.63) is 65.7 Å². The van der Waals surface area contributed by atoms with Gasteiger partial charge in [-0.2, -0.15) is 0 Å². The van der Waals surface area contributed by atoms with Crippen molar-refractivity contribution in [3.8, 4) is 0 Å². The predicted molar refractivity (Wildman–Crippen MR) is 98.1 cm³/mol. The van der Waals surface area contributed by atoms with E-state index in [1.165, 1.54) is 18.9 Å². The molecule has 0 saturated heterocycles. The van der Waals surface area contributed by atoms with Crippen molar-refractivity contribution in [2.75, 3.05) is 12.4 Å². The third kappa shape index (κ3) is 4.86. The van der Waals surface area contributed by atoms with Crippen LogP contribution in [0.5, 0.6) is 0 Å². The fourth-order valence-electron chi connectivity index (χ4n) is 2.19. The molecular weight excluding hydrogens is 322 g/mol. The highest BCUT2D eigenvalue weighted by atomic mass is 32.2. The summed E-state index contributed by atoms with van der Waals surface area (Å²) in [6.45, 7) is 3.73. The zero-order valence-electron chi connectivity index (χ0n) is 14.0. The van der Waals surface area contributed by atoms with Crippen LogP contribution in [0.2, 0.25) is 0 Å². The van der Waals surface area contributed by atoms with E-state index in [0.717, 1.165) is 16.8 Å². The fraction of sp³-hybridized carbons (Fsp3) is 0.263. The van der Waals surface area contributed by atoms with Gasteiger partial charge < -0.3 is 10.1 Å². The molecule has 2 atom stereocenters. The normalized spacial score (nSPS) is 13.0. The number of amides is 1. The van der Waals surface area contributed by atoms with Crippen LogP contribution in [0.15, 0.2) is 54.6 Å². The minimum atomic E-state index is -0.499. The molecule has 1 N–H and O–H groups in total. The summed E-state index contributed by atoms with van der Waals surface area (Å²) in [4.78, 5) is 24.5. The van der Waals surface area contributed by atoms with E-state index in [-0.39, 0.29) is 11.9 Å². The van der Waals surface area contributed by atoms with E-state index >= 15 is 0 Å². The smallest absolute Gasteiger partial charge is 0.318 e. The van der Waals surface area contributed by atoms with Crippen molar-refractivity contribution < 1.29 is 14.3 Å². The maximum absolute atomic E-state index is 12.8. The monoisotopic (exact) mass is 343 g/mol. The number of nitrogens with one attached hydrogen (secondary N) is 1. The van der Waals surface area contributed by atoms with Gasteiger partial charge in [-0.15, -0.1) is 11.8 Å². The van der Waals surface area contributed by atoms with Gasteiger partial charge >= 0.3 is 5.97 Å². The number of ether oxygens (including phenoxy) is 1. The Morgan fingerprint density at radius 2 is 1.67 bits per heavy atom. The molecule has 0 saturated carbocycles. The highest BCUT2D eigenvalue weighted by Crippen LogP contribution is 2.34. The quantitative estimate of drug-likeness (QED) is 0.807. The Hall–Kier alpha value is -2.27. The van der Waals surface area contributed by atoms with Gasteiger partial charge in [0.15, 0.2) is 0 Å². The van der Waals surface area contributed by atoms with Crippen molar-refractivity contribution in [2.45, 2.75) is 24.3 Å². The molecular formula is C19H21NO3S. The average Bonchev–Trinajstić information content (AvgIpc) is 2.61. The number of anilines is 1. The lowest BCUT2D eigenvalue weighted by atomic mass is 10.1. The molecule has 0 heterocycles. The van der Waals surface area contributed by atoms with Crippen molar-refractivity contribution in [3.63, 3.8) is 0 Å². The van der Waals surface area contributed by atoms with Crippen LogP contribution in [0.4, 0.5) is 5.69 Å². The minimum absolute atomic E-state index is 0.161. The molecule has 0 aromatic heterocycles. The number of carbonyl (C=O) groups excluding carboxylic acids is 2. The summed E-state index contributed by atoms with van der Waals surface area (Å²) in [7, 11) is 1.35. The standard InChI is InChI=1S/C19H21NO3S/c1-13-9-11-16(12-10-13)20-18(21)17(15-7-5-4-6-8-15)24-14(2)19(22)23-3/h4-12,14,17H,1-3H3,(H,20,21). The summed E-state index contributed by atoms with van der Waals surface area (Å²) < 4.78 is 4.77. The van der Waals surface area contributed by atoms with Crippen molar-refractivity contribution in [1.29, 1.82) is 0 Å². The summed E-state index contributed by atoms with van der Waals surface area (Å²) in [5, 5.41) is 1.98. The molecule has 24 heavy (non-hydrogen) atoms. The number of hydrogen-bond donors (Lipinski definition) is 1. The summed E-state index contributed by atoms with van der Waals surface area (Å²) in [5.41, 5.74) is 2.71. The number of benzene rings is 2. The molecule has 2 rings (SSSR count). The van der Waals surface area contributed by atoms with Gasteiger partial charge in [-0.3, -0.25) is 9.59 Å². The summed E-state index contributed by atoms with van der Waals surface area (Å²) in [5.74, 6) is -0.505. The molecule has 1 amide bonds. The maximum Gasteiger partial charge on any atom is 0.318 e. The molecule has 5 heteroatoms. The van der Waals surface area contributed by atoms with Gasteiger partial charge in [-0.05, 0) is 31.5 Å². The lowest BCUT2D eigenvalue weighted by molar-refractivity contribution is -0.139. The highest BCUT2D eigenvalue weighted by Gasteiger charge is 2.27. The number of rotatable bonds is 6. The third-order valence-corrected chi connectivity index (χ3v) is 4.89. The van der Waals surface area contributed by atoms with Crippen LogP contribution in [-0.4, -0.2) is 24.2 Å². The topological polar surface area (TPSA) is 55.4 Å². The Morgan fingerprint density at radius 3 is 2.25 bits per heavy atom. The minimum Gasteiger partial charge on any atom is -0.468 e. The Bertz CT molecular complexity index is 686. The number of methoxy groups -OCH3 is 1. The van der Waals surface area contributed by atoms with Crippen LogP contribution < -0.4 is 5.32 Å². The molecule has 0 fully saturated rings. The molecule has 0 aliphatic carbocycles. The van der Waals surface area contributed by atoms with Gasteiger partial charge in [0.2, 0.25) is 5.91 Å². The molecule has 2 aromatic rings. The molecule has 126 valence electrons. The summed E-state index contributed by atoms with van der Waals surface area (Å²) in [6, 6.07) is 17.0. The number of carbonyl (C=O) groups is 2. The summed E-state index contributed by atoms with van der Waals surface area (Å²) >= 11 is 1.27. The van der Waals surface area contributed by atoms with E-state index in [2.05, 4.69) is 5.32 Å². The number of thioether (sulfide) groups is 1. The van der Waals surface area contributed by atoms with E-state index in [1.807, 2.05) is 61.5 Å². The second kappa shape index (κ2) is 8.55. The number of aryl methyl sites for hydroxylation is 1. The zero-order chi connectivity index (χ0) is 17.5. The maximum atomic E-state index is 12.8. The van der Waals surface area contributed by atoms with Gasteiger partial charge in [0.25, 0.3) is 0 Å². The second-order valence-corrected chi connectivity index (χ2v) is 6.90. The largest absolute Gasteiger partial charge is 0.468 e. The second-order valence-electron chi connectivity index (χ2n) is 5.45. The lowest BCUT2D eigenvalue weighted by Crippen LogP contribution is -2.24. The lowest BCUT2D eigenvalue weighted by Gasteiger charge is -2.20. The SMILES string of the molecule is COC(=O)C(C)SC(C(=O)Nc1ccc(C)cc1)c1ccccc1. The number of hydrogen-bond acceptors (Lipinski definition) is 4. The van der Waals surface area contributed by atoms with Gasteiger partial charge in [0, 0.05) is 5.69 Å². The van der Waals surface area contributed by atoms with Gasteiger partial charge in [-0.25, -0.2) is 0 Å². The highest BCUT2D eigenvalue weighted by molar-refractivity contribution is 8.01. The first kappa shape index (κ1) is 18.1. The van der Waals surface area contributed by atoms with Crippen LogP contribution in [0, 0.1) is 6.92 Å². The predicted octanol–water partition coefficient (Wildman–Crippen LogP) is 3.97. The van der Waals surface area contributed by atoms with Crippen molar-refractivity contribution in [1.82, 2.24) is 0 Å². The van der Waals surface area contributed by atoms with Crippen molar-refractivity contribution in [2.24, 2.45) is 0 Å².